The Hall–Kier alpha value is -1.85. The quantitative estimate of drug-likeness (QED) is 0.869. The van der Waals surface area contributed by atoms with Gasteiger partial charge in [0.05, 0.1) is 18.5 Å². The highest BCUT2D eigenvalue weighted by atomic mass is 28.4. The highest BCUT2D eigenvalue weighted by Crippen LogP contribution is 2.36. The first-order chi connectivity index (χ1) is 10.7. The van der Waals surface area contributed by atoms with Crippen LogP contribution in [0.2, 0.25) is 18.1 Å². The third kappa shape index (κ3) is 3.73. The standard InChI is InChI=1S/C18H25NO3Si/c1-18(2,3)23(4,5)22-17-12-19(14-9-7-6-8-10-14)15(13-20)11-16(17)21/h6-12,20H,13H2,1-5H3. The molecule has 0 unspecified atom stereocenters. The first-order valence-corrected chi connectivity index (χ1v) is 10.7. The van der Waals surface area contributed by atoms with E-state index in [1.54, 1.807) is 6.20 Å². The van der Waals surface area contributed by atoms with Crippen LogP contribution in [0, 0.1) is 0 Å². The summed E-state index contributed by atoms with van der Waals surface area (Å²) in [6.07, 6.45) is 1.70. The summed E-state index contributed by atoms with van der Waals surface area (Å²) in [4.78, 5) is 12.4. The van der Waals surface area contributed by atoms with Gasteiger partial charge in [-0.3, -0.25) is 4.79 Å². The summed E-state index contributed by atoms with van der Waals surface area (Å²) in [7, 11) is -2.10. The van der Waals surface area contributed by atoms with Gasteiger partial charge in [-0.25, -0.2) is 0 Å². The molecule has 0 aliphatic heterocycles. The predicted molar refractivity (Wildman–Crippen MR) is 95.8 cm³/mol. The molecule has 1 heterocycles. The van der Waals surface area contributed by atoms with Crippen molar-refractivity contribution in [3.63, 3.8) is 0 Å². The van der Waals surface area contributed by atoms with Crippen molar-refractivity contribution in [2.24, 2.45) is 0 Å². The van der Waals surface area contributed by atoms with Gasteiger partial charge in [0, 0.05) is 11.8 Å². The van der Waals surface area contributed by atoms with E-state index in [1.165, 1.54) is 6.07 Å². The van der Waals surface area contributed by atoms with Crippen LogP contribution in [0.1, 0.15) is 26.5 Å². The number of para-hydroxylation sites is 1. The van der Waals surface area contributed by atoms with E-state index in [4.69, 9.17) is 4.43 Å². The minimum Gasteiger partial charge on any atom is -0.540 e. The third-order valence-corrected chi connectivity index (χ3v) is 8.81. The second kappa shape index (κ2) is 6.33. The van der Waals surface area contributed by atoms with E-state index in [0.29, 0.717) is 11.4 Å². The Morgan fingerprint density at radius 3 is 2.30 bits per heavy atom. The second-order valence-electron chi connectivity index (χ2n) is 7.22. The highest BCUT2D eigenvalue weighted by molar-refractivity contribution is 6.74. The van der Waals surface area contributed by atoms with Crippen molar-refractivity contribution in [2.75, 3.05) is 0 Å². The number of aromatic nitrogens is 1. The lowest BCUT2D eigenvalue weighted by Crippen LogP contribution is -2.45. The van der Waals surface area contributed by atoms with Gasteiger partial charge in [-0.1, -0.05) is 39.0 Å². The van der Waals surface area contributed by atoms with Crippen molar-refractivity contribution < 1.29 is 9.53 Å². The number of rotatable bonds is 4. The molecule has 124 valence electrons. The average molecular weight is 331 g/mol. The second-order valence-corrected chi connectivity index (χ2v) is 11.9. The van der Waals surface area contributed by atoms with Gasteiger partial charge in [-0.05, 0) is 30.3 Å². The van der Waals surface area contributed by atoms with E-state index in [2.05, 4.69) is 33.9 Å². The first-order valence-electron chi connectivity index (χ1n) is 7.76. The molecule has 5 heteroatoms. The van der Waals surface area contributed by atoms with Crippen LogP contribution in [0.15, 0.2) is 47.4 Å². The van der Waals surface area contributed by atoms with Crippen molar-refractivity contribution >= 4 is 8.32 Å². The Labute approximate surface area is 138 Å². The molecule has 0 bridgehead atoms. The zero-order chi connectivity index (χ0) is 17.3. The lowest BCUT2D eigenvalue weighted by atomic mass is 10.2. The summed E-state index contributed by atoms with van der Waals surface area (Å²) in [5.41, 5.74) is 1.24. The molecule has 0 fully saturated rings. The molecule has 2 aromatic rings. The fraction of sp³-hybridized carbons (Fsp3) is 0.389. The summed E-state index contributed by atoms with van der Waals surface area (Å²) in [5.74, 6) is 0.345. The largest absolute Gasteiger partial charge is 0.540 e. The van der Waals surface area contributed by atoms with Crippen molar-refractivity contribution in [3.05, 3.63) is 58.5 Å². The van der Waals surface area contributed by atoms with Crippen molar-refractivity contribution in [2.45, 2.75) is 45.5 Å². The minimum atomic E-state index is -2.10. The number of benzene rings is 1. The van der Waals surface area contributed by atoms with Gasteiger partial charge in [0.2, 0.25) is 5.43 Å². The van der Waals surface area contributed by atoms with Crippen LogP contribution < -0.4 is 9.85 Å². The SMILES string of the molecule is CC(C)(C)[Si](C)(C)Oc1cn(-c2ccccc2)c(CO)cc1=O. The van der Waals surface area contributed by atoms with Crippen LogP contribution in [0.25, 0.3) is 5.69 Å². The van der Waals surface area contributed by atoms with E-state index in [0.717, 1.165) is 5.69 Å². The number of nitrogens with zero attached hydrogens (tertiary/aromatic N) is 1. The molecule has 1 N–H and O–H groups in total. The number of aliphatic hydroxyl groups is 1. The summed E-state index contributed by atoms with van der Waals surface area (Å²) in [5, 5.41) is 9.57. The molecule has 4 nitrogen and oxygen atoms in total. The summed E-state index contributed by atoms with van der Waals surface area (Å²) < 4.78 is 7.99. The Balaban J connectivity index is 2.53. The van der Waals surface area contributed by atoms with Crippen LogP contribution in [0.3, 0.4) is 0 Å². The van der Waals surface area contributed by atoms with Crippen molar-refractivity contribution in [1.82, 2.24) is 4.57 Å². The van der Waals surface area contributed by atoms with Gasteiger partial charge in [-0.2, -0.15) is 0 Å². The Kier molecular flexibility index (Phi) is 4.82. The Bertz CT molecular complexity index is 730. The maximum Gasteiger partial charge on any atom is 0.250 e. The minimum absolute atomic E-state index is 0.00661. The molecular weight excluding hydrogens is 306 g/mol. The van der Waals surface area contributed by atoms with Crippen LogP contribution in [0.5, 0.6) is 5.75 Å². The fourth-order valence-electron chi connectivity index (χ4n) is 2.01. The lowest BCUT2D eigenvalue weighted by molar-refractivity contribution is 0.273. The van der Waals surface area contributed by atoms with Gasteiger partial charge >= 0.3 is 0 Å². The van der Waals surface area contributed by atoms with Gasteiger partial charge < -0.3 is 14.1 Å². The average Bonchev–Trinajstić information content (AvgIpc) is 2.48. The van der Waals surface area contributed by atoms with Gasteiger partial charge in [0.1, 0.15) is 0 Å². The molecule has 0 spiro atoms. The zero-order valence-corrected chi connectivity index (χ0v) is 15.5. The monoisotopic (exact) mass is 331 g/mol. The van der Waals surface area contributed by atoms with Gasteiger partial charge in [0.15, 0.2) is 5.75 Å². The van der Waals surface area contributed by atoms with E-state index in [1.807, 2.05) is 34.9 Å². The zero-order valence-electron chi connectivity index (χ0n) is 14.5. The maximum atomic E-state index is 12.4. The van der Waals surface area contributed by atoms with E-state index in [9.17, 15) is 9.90 Å². The van der Waals surface area contributed by atoms with Gasteiger partial charge in [-0.15, -0.1) is 0 Å². The molecule has 0 saturated heterocycles. The smallest absolute Gasteiger partial charge is 0.250 e. The molecule has 0 saturated carbocycles. The molecule has 0 amide bonds. The first kappa shape index (κ1) is 17.5. The van der Waals surface area contributed by atoms with Crippen molar-refractivity contribution in [1.29, 1.82) is 0 Å². The Morgan fingerprint density at radius 1 is 1.17 bits per heavy atom. The fourth-order valence-corrected chi connectivity index (χ4v) is 3.02. The van der Waals surface area contributed by atoms with Crippen molar-refractivity contribution in [3.8, 4) is 11.4 Å². The molecule has 2 rings (SSSR count). The highest BCUT2D eigenvalue weighted by Gasteiger charge is 2.39. The predicted octanol–water partition coefficient (Wildman–Crippen LogP) is 3.71. The number of pyridine rings is 1. The van der Waals surface area contributed by atoms with Crippen LogP contribution in [-0.2, 0) is 6.61 Å². The number of aliphatic hydroxyl groups excluding tert-OH is 1. The van der Waals surface area contributed by atoms with E-state index < -0.39 is 8.32 Å². The molecule has 1 aromatic carbocycles. The maximum absolute atomic E-state index is 12.4. The Morgan fingerprint density at radius 2 is 1.78 bits per heavy atom. The topological polar surface area (TPSA) is 51.5 Å². The third-order valence-electron chi connectivity index (χ3n) is 4.46. The normalized spacial score (nSPS) is 12.3. The summed E-state index contributed by atoms with van der Waals surface area (Å²) in [6, 6.07) is 11.1. The molecule has 0 radical (unpaired) electrons. The lowest BCUT2D eigenvalue weighted by Gasteiger charge is -2.36. The van der Waals surface area contributed by atoms with E-state index >= 15 is 0 Å². The summed E-state index contributed by atoms with van der Waals surface area (Å²) in [6.45, 7) is 10.4. The molecule has 0 aliphatic rings. The van der Waals surface area contributed by atoms with Crippen LogP contribution in [0.4, 0.5) is 0 Å². The molecule has 23 heavy (non-hydrogen) atoms. The molecule has 1 aromatic heterocycles. The molecule has 0 atom stereocenters. The number of hydrogen-bond acceptors (Lipinski definition) is 3. The van der Waals surface area contributed by atoms with Crippen LogP contribution in [-0.4, -0.2) is 18.0 Å². The molecule has 0 aliphatic carbocycles. The van der Waals surface area contributed by atoms with Gasteiger partial charge in [0.25, 0.3) is 8.32 Å². The molecular formula is C18H25NO3Si. The van der Waals surface area contributed by atoms with E-state index in [-0.39, 0.29) is 17.1 Å². The number of hydrogen-bond donors (Lipinski definition) is 1. The summed E-state index contributed by atoms with van der Waals surface area (Å²) >= 11 is 0. The van der Waals surface area contributed by atoms with Crippen LogP contribution >= 0.6 is 0 Å².